The molecule has 1 aliphatic rings. The van der Waals surface area contributed by atoms with Crippen LogP contribution >= 0.6 is 0 Å². The number of piperazine rings is 1. The van der Waals surface area contributed by atoms with E-state index in [-0.39, 0.29) is 0 Å². The molecule has 0 saturated carbocycles. The predicted octanol–water partition coefficient (Wildman–Crippen LogP) is 3.38. The average molecular weight is 304 g/mol. The third-order valence-electron chi connectivity index (χ3n) is 4.78. The highest BCUT2D eigenvalue weighted by atomic mass is 15.2. The van der Waals surface area contributed by atoms with Crippen molar-refractivity contribution in [3.05, 3.63) is 60.3 Å². The van der Waals surface area contributed by atoms with E-state index in [0.717, 1.165) is 32.7 Å². The largest absolute Gasteiger partial charge is 0.361 e. The summed E-state index contributed by atoms with van der Waals surface area (Å²) in [5.74, 6) is 0. The first kappa shape index (κ1) is 14.5. The van der Waals surface area contributed by atoms with Crippen LogP contribution in [-0.2, 0) is 6.54 Å². The highest BCUT2D eigenvalue weighted by Gasteiger charge is 2.15. The van der Waals surface area contributed by atoms with Gasteiger partial charge in [0.1, 0.15) is 0 Å². The minimum absolute atomic E-state index is 0.981. The molecule has 3 aromatic rings. The number of nitrogens with one attached hydrogen (secondary N) is 1. The summed E-state index contributed by atoms with van der Waals surface area (Å²) >= 11 is 0. The van der Waals surface area contributed by atoms with E-state index in [2.05, 4.69) is 64.3 Å². The Hall–Kier alpha value is -2.10. The number of fused-ring (bicyclic) bond motifs is 1. The van der Waals surface area contributed by atoms with Gasteiger partial charge in [0.15, 0.2) is 0 Å². The second kappa shape index (κ2) is 6.19. The van der Waals surface area contributed by atoms with E-state index in [1.165, 1.54) is 27.6 Å². The number of nitrogens with zero attached hydrogens (tertiary/aromatic N) is 2. The normalized spacial score (nSPS) is 16.9. The molecule has 4 rings (SSSR count). The van der Waals surface area contributed by atoms with Gasteiger partial charge in [0.05, 0.1) is 0 Å². The van der Waals surface area contributed by atoms with Crippen LogP contribution in [0, 0.1) is 6.07 Å². The van der Waals surface area contributed by atoms with Crippen molar-refractivity contribution in [1.29, 1.82) is 0 Å². The van der Waals surface area contributed by atoms with Crippen molar-refractivity contribution in [1.82, 2.24) is 14.8 Å². The first-order valence-electron chi connectivity index (χ1n) is 8.27. The van der Waals surface area contributed by atoms with Crippen molar-refractivity contribution in [2.45, 2.75) is 6.54 Å². The van der Waals surface area contributed by atoms with Crippen molar-refractivity contribution in [2.75, 3.05) is 33.2 Å². The smallest absolute Gasteiger partial charge is 0.0454 e. The first-order valence-corrected chi connectivity index (χ1v) is 8.27. The van der Waals surface area contributed by atoms with Crippen molar-refractivity contribution in [2.24, 2.45) is 0 Å². The lowest BCUT2D eigenvalue weighted by atomic mass is 9.98. The molecule has 1 saturated heterocycles. The lowest BCUT2D eigenvalue weighted by molar-refractivity contribution is 0.148. The number of rotatable bonds is 3. The van der Waals surface area contributed by atoms with Crippen LogP contribution in [-0.4, -0.2) is 48.0 Å². The topological polar surface area (TPSA) is 22.3 Å². The molecule has 0 aliphatic carbocycles. The summed E-state index contributed by atoms with van der Waals surface area (Å²) in [7, 11) is 2.20. The maximum Gasteiger partial charge on any atom is 0.0454 e. The highest BCUT2D eigenvalue weighted by Crippen LogP contribution is 2.27. The van der Waals surface area contributed by atoms with E-state index in [0.29, 0.717) is 0 Å². The first-order chi connectivity index (χ1) is 11.3. The number of likely N-dealkylation sites (N-methyl/N-ethyl adjacent to an activating group) is 1. The predicted molar refractivity (Wildman–Crippen MR) is 95.3 cm³/mol. The van der Waals surface area contributed by atoms with Gasteiger partial charge in [-0.05, 0) is 53.4 Å². The fourth-order valence-corrected chi connectivity index (χ4v) is 3.32. The second-order valence-electron chi connectivity index (χ2n) is 6.42. The Kier molecular flexibility index (Phi) is 3.90. The number of hydrogen-bond donors (Lipinski definition) is 1. The second-order valence-corrected chi connectivity index (χ2v) is 6.42. The molecule has 0 unspecified atom stereocenters. The molecule has 1 radical (unpaired) electrons. The van der Waals surface area contributed by atoms with Crippen LogP contribution < -0.4 is 0 Å². The van der Waals surface area contributed by atoms with Crippen LogP contribution in [0.5, 0.6) is 0 Å². The molecule has 3 nitrogen and oxygen atoms in total. The van der Waals surface area contributed by atoms with Crippen molar-refractivity contribution >= 4 is 10.9 Å². The standard InChI is InChI=1S/C20H22N3/c1-22-10-12-23(13-11-22)15-18-4-2-3-5-19(18)16-6-7-20-17(14-16)8-9-21-20/h2-3,5-9,14,21H,10-13,15H2,1H3. The van der Waals surface area contributed by atoms with Crippen molar-refractivity contribution in [3.8, 4) is 11.1 Å². The fourth-order valence-electron chi connectivity index (χ4n) is 3.32. The zero-order valence-electron chi connectivity index (χ0n) is 13.5. The van der Waals surface area contributed by atoms with E-state index in [1.807, 2.05) is 12.3 Å². The van der Waals surface area contributed by atoms with Gasteiger partial charge in [-0.2, -0.15) is 0 Å². The van der Waals surface area contributed by atoms with Gasteiger partial charge in [0, 0.05) is 44.4 Å². The summed E-state index contributed by atoms with van der Waals surface area (Å²) in [5.41, 5.74) is 5.06. The van der Waals surface area contributed by atoms with E-state index in [9.17, 15) is 0 Å². The van der Waals surface area contributed by atoms with Gasteiger partial charge in [-0.25, -0.2) is 0 Å². The Balaban J connectivity index is 1.63. The molecule has 0 bridgehead atoms. The summed E-state index contributed by atoms with van der Waals surface area (Å²) < 4.78 is 0. The maximum atomic E-state index is 3.47. The molecule has 1 N–H and O–H groups in total. The summed E-state index contributed by atoms with van der Waals surface area (Å²) in [6, 6.07) is 18.6. The number of aromatic amines is 1. The van der Waals surface area contributed by atoms with Crippen LogP contribution in [0.15, 0.2) is 48.7 Å². The molecule has 117 valence electrons. The van der Waals surface area contributed by atoms with Gasteiger partial charge >= 0.3 is 0 Å². The fraction of sp³-hybridized carbons (Fsp3) is 0.300. The number of hydrogen-bond acceptors (Lipinski definition) is 2. The van der Waals surface area contributed by atoms with E-state index in [4.69, 9.17) is 0 Å². The molecule has 0 amide bonds. The average Bonchev–Trinajstić information content (AvgIpc) is 3.05. The van der Waals surface area contributed by atoms with E-state index >= 15 is 0 Å². The molecular weight excluding hydrogens is 282 g/mol. The molecular formula is C20H22N3. The SMILES string of the molecule is CN1CCN(Cc2[c]cccc2-c2ccc3[nH]ccc3c2)CC1. The zero-order valence-corrected chi connectivity index (χ0v) is 13.5. The Morgan fingerprint density at radius 1 is 1.09 bits per heavy atom. The van der Waals surface area contributed by atoms with Gasteiger partial charge in [0.2, 0.25) is 0 Å². The number of aromatic nitrogens is 1. The summed E-state index contributed by atoms with van der Waals surface area (Å²) in [6.45, 7) is 5.55. The Morgan fingerprint density at radius 3 is 2.83 bits per heavy atom. The van der Waals surface area contributed by atoms with Crippen molar-refractivity contribution < 1.29 is 0 Å². The van der Waals surface area contributed by atoms with Crippen molar-refractivity contribution in [3.63, 3.8) is 0 Å². The summed E-state index contributed by atoms with van der Waals surface area (Å²) in [5, 5.41) is 1.26. The molecule has 3 heteroatoms. The van der Waals surface area contributed by atoms with Gasteiger partial charge in [-0.15, -0.1) is 0 Å². The van der Waals surface area contributed by atoms with Crippen LogP contribution in [0.1, 0.15) is 5.56 Å². The van der Waals surface area contributed by atoms with E-state index < -0.39 is 0 Å². The molecule has 1 aliphatic heterocycles. The highest BCUT2D eigenvalue weighted by molar-refractivity contribution is 5.85. The third kappa shape index (κ3) is 3.03. The molecule has 1 aromatic heterocycles. The van der Waals surface area contributed by atoms with Crippen LogP contribution in [0.4, 0.5) is 0 Å². The van der Waals surface area contributed by atoms with E-state index in [1.54, 1.807) is 0 Å². The minimum Gasteiger partial charge on any atom is -0.361 e. The number of H-pyrrole nitrogens is 1. The number of benzene rings is 2. The maximum absolute atomic E-state index is 3.47. The Bertz CT molecular complexity index is 797. The monoisotopic (exact) mass is 304 g/mol. The summed E-state index contributed by atoms with van der Waals surface area (Å²) in [4.78, 5) is 8.19. The van der Waals surface area contributed by atoms with Gasteiger partial charge in [-0.1, -0.05) is 24.3 Å². The molecule has 1 fully saturated rings. The molecule has 2 aromatic carbocycles. The van der Waals surface area contributed by atoms with Crippen LogP contribution in [0.25, 0.3) is 22.0 Å². The van der Waals surface area contributed by atoms with Crippen LogP contribution in [0.2, 0.25) is 0 Å². The van der Waals surface area contributed by atoms with Gasteiger partial charge in [0.25, 0.3) is 0 Å². The lowest BCUT2D eigenvalue weighted by Gasteiger charge is -2.32. The zero-order chi connectivity index (χ0) is 15.6. The molecule has 0 atom stereocenters. The quantitative estimate of drug-likeness (QED) is 0.801. The lowest BCUT2D eigenvalue weighted by Crippen LogP contribution is -2.43. The molecule has 23 heavy (non-hydrogen) atoms. The Labute approximate surface area is 137 Å². The molecule has 2 heterocycles. The molecule has 0 spiro atoms. The van der Waals surface area contributed by atoms with Gasteiger partial charge in [-0.3, -0.25) is 4.90 Å². The van der Waals surface area contributed by atoms with Gasteiger partial charge < -0.3 is 9.88 Å². The minimum atomic E-state index is 0.981. The Morgan fingerprint density at radius 2 is 1.96 bits per heavy atom. The third-order valence-corrected chi connectivity index (χ3v) is 4.78. The summed E-state index contributed by atoms with van der Waals surface area (Å²) in [6.07, 6.45) is 2.00. The van der Waals surface area contributed by atoms with Crippen LogP contribution in [0.3, 0.4) is 0 Å².